The number of morpholine rings is 1. The number of aromatic nitrogens is 1. The molecule has 2 aliphatic rings. The summed E-state index contributed by atoms with van der Waals surface area (Å²) in [5.41, 5.74) is 0. The molecule has 1 aromatic rings. The molecular weight excluding hydrogens is 254 g/mol. The van der Waals surface area contributed by atoms with Gasteiger partial charge < -0.3 is 19.7 Å². The maximum absolute atomic E-state index is 11.4. The molecule has 18 heavy (non-hydrogen) atoms. The van der Waals surface area contributed by atoms with E-state index in [1.165, 1.54) is 18.4 Å². The van der Waals surface area contributed by atoms with Gasteiger partial charge in [0.25, 0.3) is 0 Å². The zero-order valence-electron chi connectivity index (χ0n) is 10.1. The Labute approximate surface area is 109 Å². The minimum absolute atomic E-state index is 0.226. The number of carbonyl (C=O) groups is 1. The van der Waals surface area contributed by atoms with Crippen molar-refractivity contribution >= 4 is 22.4 Å². The van der Waals surface area contributed by atoms with Gasteiger partial charge in [0.15, 0.2) is 5.13 Å². The first-order valence-electron chi connectivity index (χ1n) is 5.92. The van der Waals surface area contributed by atoms with Crippen LogP contribution in [0.25, 0.3) is 0 Å². The van der Waals surface area contributed by atoms with Crippen molar-refractivity contribution in [3.63, 3.8) is 0 Å². The standard InChI is InChI=1S/C11H15N3O3S/c1-16-10(15)9-4-13-11(18-9)14-5-7-8(6-14)17-3-2-12-7/h4,7-8,12H,2-3,5-6H2,1H3/t7-,8+/m0/s1. The number of nitrogens with zero attached hydrogens (tertiary/aromatic N) is 2. The molecule has 0 saturated carbocycles. The summed E-state index contributed by atoms with van der Waals surface area (Å²) >= 11 is 1.37. The molecule has 3 rings (SSSR count). The van der Waals surface area contributed by atoms with Crippen LogP contribution in [0.3, 0.4) is 0 Å². The van der Waals surface area contributed by atoms with E-state index in [2.05, 4.69) is 19.9 Å². The number of carbonyl (C=O) groups excluding carboxylic acids is 1. The van der Waals surface area contributed by atoms with Crippen LogP contribution >= 0.6 is 11.3 Å². The normalized spacial score (nSPS) is 27.1. The molecule has 0 spiro atoms. The molecule has 0 amide bonds. The van der Waals surface area contributed by atoms with Crippen LogP contribution < -0.4 is 10.2 Å². The van der Waals surface area contributed by atoms with Gasteiger partial charge in [-0.05, 0) is 0 Å². The Morgan fingerprint density at radius 1 is 1.67 bits per heavy atom. The number of nitrogens with one attached hydrogen (secondary N) is 1. The number of hydrogen-bond donors (Lipinski definition) is 1. The van der Waals surface area contributed by atoms with E-state index in [1.54, 1.807) is 6.20 Å². The van der Waals surface area contributed by atoms with Crippen molar-refractivity contribution in [2.75, 3.05) is 38.3 Å². The summed E-state index contributed by atoms with van der Waals surface area (Å²) in [5, 5.41) is 4.30. The van der Waals surface area contributed by atoms with Gasteiger partial charge in [-0.3, -0.25) is 0 Å². The Kier molecular flexibility index (Phi) is 3.19. The summed E-state index contributed by atoms with van der Waals surface area (Å²) in [4.78, 5) is 18.4. The highest BCUT2D eigenvalue weighted by atomic mass is 32.1. The highest BCUT2D eigenvalue weighted by Crippen LogP contribution is 2.28. The summed E-state index contributed by atoms with van der Waals surface area (Å²) in [6.07, 6.45) is 1.80. The number of ether oxygens (including phenoxy) is 2. The van der Waals surface area contributed by atoms with Gasteiger partial charge in [-0.2, -0.15) is 0 Å². The molecule has 0 radical (unpaired) electrons. The second-order valence-corrected chi connectivity index (χ2v) is 5.38. The van der Waals surface area contributed by atoms with Crippen molar-refractivity contribution < 1.29 is 14.3 Å². The average molecular weight is 269 g/mol. The SMILES string of the molecule is COC(=O)c1cnc(N2C[C@@H]3NCCO[C@@H]3C2)s1. The molecule has 0 unspecified atom stereocenters. The van der Waals surface area contributed by atoms with Crippen molar-refractivity contribution in [2.24, 2.45) is 0 Å². The number of hydrogen-bond acceptors (Lipinski definition) is 7. The molecule has 2 saturated heterocycles. The van der Waals surface area contributed by atoms with Gasteiger partial charge in [0.2, 0.25) is 0 Å². The van der Waals surface area contributed by atoms with E-state index in [4.69, 9.17) is 4.74 Å². The van der Waals surface area contributed by atoms with E-state index >= 15 is 0 Å². The first-order valence-corrected chi connectivity index (χ1v) is 6.73. The molecule has 1 aromatic heterocycles. The quantitative estimate of drug-likeness (QED) is 0.769. The predicted octanol–water partition coefficient (Wildman–Crippen LogP) is 0.107. The molecule has 1 N–H and O–H groups in total. The van der Waals surface area contributed by atoms with Crippen molar-refractivity contribution in [1.29, 1.82) is 0 Å². The fourth-order valence-electron chi connectivity index (χ4n) is 2.36. The van der Waals surface area contributed by atoms with Gasteiger partial charge >= 0.3 is 5.97 Å². The van der Waals surface area contributed by atoms with Crippen molar-refractivity contribution in [2.45, 2.75) is 12.1 Å². The van der Waals surface area contributed by atoms with Crippen LogP contribution in [-0.2, 0) is 9.47 Å². The summed E-state index contributed by atoms with van der Waals surface area (Å²) in [7, 11) is 1.38. The van der Waals surface area contributed by atoms with Gasteiger partial charge in [0.05, 0.1) is 32.1 Å². The summed E-state index contributed by atoms with van der Waals surface area (Å²) in [5.74, 6) is -0.329. The molecule has 3 heterocycles. The van der Waals surface area contributed by atoms with Crippen LogP contribution in [0.2, 0.25) is 0 Å². The molecule has 6 nitrogen and oxygen atoms in total. The van der Waals surface area contributed by atoms with Gasteiger partial charge in [-0.15, -0.1) is 0 Å². The predicted molar refractivity (Wildman–Crippen MR) is 67.2 cm³/mol. The number of thiazole rings is 1. The fraction of sp³-hybridized carbons (Fsp3) is 0.636. The van der Waals surface area contributed by atoms with Gasteiger partial charge in [0, 0.05) is 19.6 Å². The number of fused-ring (bicyclic) bond motifs is 1. The van der Waals surface area contributed by atoms with E-state index in [0.717, 1.165) is 31.4 Å². The third-order valence-electron chi connectivity index (χ3n) is 3.26. The van der Waals surface area contributed by atoms with Crippen molar-refractivity contribution in [1.82, 2.24) is 10.3 Å². The molecule has 0 aliphatic carbocycles. The third-order valence-corrected chi connectivity index (χ3v) is 4.30. The molecule has 2 aliphatic heterocycles. The lowest BCUT2D eigenvalue weighted by molar-refractivity contribution is 0.0212. The number of esters is 1. The summed E-state index contributed by atoms with van der Waals surface area (Å²) in [6.45, 7) is 3.37. The fourth-order valence-corrected chi connectivity index (χ4v) is 3.21. The number of anilines is 1. The smallest absolute Gasteiger partial charge is 0.349 e. The highest BCUT2D eigenvalue weighted by molar-refractivity contribution is 7.17. The van der Waals surface area contributed by atoms with Crippen LogP contribution in [0.15, 0.2) is 6.20 Å². The van der Waals surface area contributed by atoms with Crippen LogP contribution in [0.1, 0.15) is 9.67 Å². The van der Waals surface area contributed by atoms with Crippen molar-refractivity contribution in [3.05, 3.63) is 11.1 Å². The Balaban J connectivity index is 1.72. The number of methoxy groups -OCH3 is 1. The van der Waals surface area contributed by atoms with Crippen LogP contribution in [0.5, 0.6) is 0 Å². The van der Waals surface area contributed by atoms with E-state index in [9.17, 15) is 4.79 Å². The third kappa shape index (κ3) is 2.09. The second kappa shape index (κ2) is 4.83. The van der Waals surface area contributed by atoms with Crippen molar-refractivity contribution in [3.8, 4) is 0 Å². The largest absolute Gasteiger partial charge is 0.465 e. The maximum Gasteiger partial charge on any atom is 0.349 e. The minimum atomic E-state index is -0.329. The first kappa shape index (κ1) is 11.9. The first-order chi connectivity index (χ1) is 8.78. The molecule has 0 aromatic carbocycles. The molecular formula is C11H15N3O3S. The van der Waals surface area contributed by atoms with E-state index < -0.39 is 0 Å². The molecule has 7 heteroatoms. The summed E-state index contributed by atoms with van der Waals surface area (Å²) < 4.78 is 10.4. The second-order valence-electron chi connectivity index (χ2n) is 4.37. The monoisotopic (exact) mass is 269 g/mol. The van der Waals surface area contributed by atoms with Gasteiger partial charge in [0.1, 0.15) is 4.88 Å². The Morgan fingerprint density at radius 3 is 3.33 bits per heavy atom. The zero-order chi connectivity index (χ0) is 12.5. The van der Waals surface area contributed by atoms with Crippen LogP contribution in [0.4, 0.5) is 5.13 Å². The maximum atomic E-state index is 11.4. The minimum Gasteiger partial charge on any atom is -0.465 e. The highest BCUT2D eigenvalue weighted by Gasteiger charge is 2.36. The Bertz CT molecular complexity index is 436. The average Bonchev–Trinajstić information content (AvgIpc) is 3.03. The molecule has 0 bridgehead atoms. The lowest BCUT2D eigenvalue weighted by atomic mass is 10.2. The number of rotatable bonds is 2. The Morgan fingerprint density at radius 2 is 2.56 bits per heavy atom. The molecule has 2 atom stereocenters. The van der Waals surface area contributed by atoms with E-state index in [1.807, 2.05) is 0 Å². The molecule has 2 fully saturated rings. The topological polar surface area (TPSA) is 63.7 Å². The Hall–Kier alpha value is -1.18. The zero-order valence-corrected chi connectivity index (χ0v) is 10.9. The van der Waals surface area contributed by atoms with E-state index in [-0.39, 0.29) is 12.1 Å². The molecule has 98 valence electrons. The van der Waals surface area contributed by atoms with Gasteiger partial charge in [-0.25, -0.2) is 9.78 Å². The summed E-state index contributed by atoms with van der Waals surface area (Å²) in [6, 6.07) is 0.365. The van der Waals surface area contributed by atoms with Crippen LogP contribution in [0, 0.1) is 0 Å². The lowest BCUT2D eigenvalue weighted by Gasteiger charge is -2.25. The van der Waals surface area contributed by atoms with Crippen LogP contribution in [-0.4, -0.2) is 56.5 Å². The van der Waals surface area contributed by atoms with E-state index in [0.29, 0.717) is 10.9 Å². The van der Waals surface area contributed by atoms with Gasteiger partial charge in [-0.1, -0.05) is 11.3 Å². The lowest BCUT2D eigenvalue weighted by Crippen LogP contribution is -2.47.